The first-order valence-corrected chi connectivity index (χ1v) is 12.1. The average Bonchev–Trinajstić information content (AvgIpc) is 2.80. The Kier molecular flexibility index (Phi) is 11.7. The predicted molar refractivity (Wildman–Crippen MR) is 128 cm³/mol. The van der Waals surface area contributed by atoms with Gasteiger partial charge in [0.1, 0.15) is 0 Å². The molecule has 0 heterocycles. The number of hydrogen-bond acceptors (Lipinski definition) is 3. The number of hydrogen-bond donors (Lipinski definition) is 0. The SMILES string of the molecule is CCCCCCCCc1ccc(C(=O)OC(=O)c2ccc(CCCCCC)cc2)cc1. The van der Waals surface area contributed by atoms with E-state index in [0.29, 0.717) is 11.1 Å². The number of aryl methyl sites for hydroxylation is 2. The molecule has 0 aliphatic heterocycles. The van der Waals surface area contributed by atoms with E-state index < -0.39 is 11.9 Å². The summed E-state index contributed by atoms with van der Waals surface area (Å²) in [6.07, 6.45) is 14.5. The molecule has 0 bridgehead atoms. The number of carbonyl (C=O) groups is 2. The van der Waals surface area contributed by atoms with Crippen molar-refractivity contribution < 1.29 is 14.3 Å². The van der Waals surface area contributed by atoms with Crippen molar-refractivity contribution in [3.05, 3.63) is 70.8 Å². The van der Waals surface area contributed by atoms with Gasteiger partial charge in [-0.15, -0.1) is 0 Å². The third kappa shape index (κ3) is 9.50. The van der Waals surface area contributed by atoms with Crippen molar-refractivity contribution >= 4 is 11.9 Å². The molecule has 0 amide bonds. The van der Waals surface area contributed by atoms with Crippen molar-refractivity contribution in [3.8, 4) is 0 Å². The highest BCUT2D eigenvalue weighted by atomic mass is 16.6. The number of esters is 2. The zero-order valence-electron chi connectivity index (χ0n) is 19.3. The minimum absolute atomic E-state index is 0.408. The summed E-state index contributed by atoms with van der Waals surface area (Å²) in [7, 11) is 0. The van der Waals surface area contributed by atoms with Crippen molar-refractivity contribution in [2.75, 3.05) is 0 Å². The number of carbonyl (C=O) groups excluding carboxylic acids is 2. The summed E-state index contributed by atoms with van der Waals surface area (Å²) >= 11 is 0. The average molecular weight is 423 g/mol. The molecule has 3 heteroatoms. The van der Waals surface area contributed by atoms with Gasteiger partial charge in [0.2, 0.25) is 0 Å². The minimum atomic E-state index is -0.598. The molecule has 2 rings (SSSR count). The molecule has 2 aromatic rings. The van der Waals surface area contributed by atoms with E-state index in [1.165, 1.54) is 68.9 Å². The fraction of sp³-hybridized carbons (Fsp3) is 0.500. The molecule has 0 aliphatic carbocycles. The standard InChI is InChI=1S/C28H38O3/c1-3-5-7-9-10-12-14-24-17-21-26(22-18-24)28(30)31-27(29)25-19-15-23(16-20-25)13-11-8-6-4-2/h15-22H,3-14H2,1-2H3. The Bertz CT molecular complexity index is 775. The maximum Gasteiger partial charge on any atom is 0.346 e. The van der Waals surface area contributed by atoms with E-state index in [1.807, 2.05) is 24.3 Å². The van der Waals surface area contributed by atoms with Gasteiger partial charge >= 0.3 is 11.9 Å². The predicted octanol–water partition coefficient (Wildman–Crippen LogP) is 7.71. The molecule has 0 radical (unpaired) electrons. The minimum Gasteiger partial charge on any atom is -0.386 e. The molecule has 0 N–H and O–H groups in total. The lowest BCUT2D eigenvalue weighted by Gasteiger charge is -2.06. The molecule has 0 spiro atoms. The second-order valence-corrected chi connectivity index (χ2v) is 8.40. The van der Waals surface area contributed by atoms with Crippen molar-refractivity contribution in [1.29, 1.82) is 0 Å². The molecule has 2 aromatic carbocycles. The van der Waals surface area contributed by atoms with E-state index in [2.05, 4.69) is 13.8 Å². The summed E-state index contributed by atoms with van der Waals surface area (Å²) in [5, 5.41) is 0. The normalized spacial score (nSPS) is 10.8. The van der Waals surface area contributed by atoms with Crippen LogP contribution in [0, 0.1) is 0 Å². The van der Waals surface area contributed by atoms with Crippen LogP contribution in [0.4, 0.5) is 0 Å². The Morgan fingerprint density at radius 1 is 0.548 bits per heavy atom. The molecular weight excluding hydrogens is 384 g/mol. The van der Waals surface area contributed by atoms with Gasteiger partial charge in [0.25, 0.3) is 0 Å². The highest BCUT2D eigenvalue weighted by molar-refractivity contribution is 6.02. The van der Waals surface area contributed by atoms with Crippen LogP contribution in [0.25, 0.3) is 0 Å². The van der Waals surface area contributed by atoms with Crippen molar-refractivity contribution in [2.24, 2.45) is 0 Å². The highest BCUT2D eigenvalue weighted by Crippen LogP contribution is 2.14. The van der Waals surface area contributed by atoms with Gasteiger partial charge in [0.15, 0.2) is 0 Å². The fourth-order valence-corrected chi connectivity index (χ4v) is 3.68. The van der Waals surface area contributed by atoms with Gasteiger partial charge in [-0.05, 0) is 61.1 Å². The summed E-state index contributed by atoms with van der Waals surface area (Å²) in [5.41, 5.74) is 3.24. The van der Waals surface area contributed by atoms with Crippen molar-refractivity contribution in [2.45, 2.75) is 90.9 Å². The third-order valence-electron chi connectivity index (χ3n) is 5.70. The van der Waals surface area contributed by atoms with Crippen molar-refractivity contribution in [3.63, 3.8) is 0 Å². The Morgan fingerprint density at radius 2 is 0.903 bits per heavy atom. The quantitative estimate of drug-likeness (QED) is 0.178. The number of ether oxygens (including phenoxy) is 1. The van der Waals surface area contributed by atoms with Gasteiger partial charge in [0, 0.05) is 0 Å². The molecule has 0 aliphatic rings. The summed E-state index contributed by atoms with van der Waals surface area (Å²) in [5.74, 6) is -1.20. The third-order valence-corrected chi connectivity index (χ3v) is 5.70. The Balaban J connectivity index is 1.77. The van der Waals surface area contributed by atoms with Gasteiger partial charge < -0.3 is 4.74 Å². The Hall–Kier alpha value is -2.42. The first-order chi connectivity index (χ1) is 15.1. The van der Waals surface area contributed by atoms with Gasteiger partial charge in [-0.25, -0.2) is 9.59 Å². The lowest BCUT2D eigenvalue weighted by Crippen LogP contribution is -2.13. The largest absolute Gasteiger partial charge is 0.386 e. The molecule has 0 atom stereocenters. The number of rotatable bonds is 14. The van der Waals surface area contributed by atoms with Crippen LogP contribution in [0.2, 0.25) is 0 Å². The maximum atomic E-state index is 12.3. The molecular formula is C28H38O3. The van der Waals surface area contributed by atoms with E-state index in [0.717, 1.165) is 19.3 Å². The second kappa shape index (κ2) is 14.6. The lowest BCUT2D eigenvalue weighted by atomic mass is 10.0. The summed E-state index contributed by atoms with van der Waals surface area (Å²) in [4.78, 5) is 24.6. The van der Waals surface area contributed by atoms with Crippen LogP contribution in [-0.4, -0.2) is 11.9 Å². The Morgan fingerprint density at radius 3 is 1.32 bits per heavy atom. The molecule has 0 aromatic heterocycles. The molecule has 0 saturated heterocycles. The van der Waals surface area contributed by atoms with Crippen LogP contribution in [0.5, 0.6) is 0 Å². The van der Waals surface area contributed by atoms with Crippen LogP contribution >= 0.6 is 0 Å². The van der Waals surface area contributed by atoms with Gasteiger partial charge in [0.05, 0.1) is 11.1 Å². The molecule has 31 heavy (non-hydrogen) atoms. The molecule has 0 saturated carbocycles. The van der Waals surface area contributed by atoms with Crippen LogP contribution in [0.1, 0.15) is 110 Å². The number of benzene rings is 2. The zero-order valence-corrected chi connectivity index (χ0v) is 19.3. The van der Waals surface area contributed by atoms with E-state index in [4.69, 9.17) is 4.74 Å². The summed E-state index contributed by atoms with van der Waals surface area (Å²) < 4.78 is 5.07. The van der Waals surface area contributed by atoms with Crippen LogP contribution < -0.4 is 0 Å². The van der Waals surface area contributed by atoms with E-state index in [1.54, 1.807) is 24.3 Å². The van der Waals surface area contributed by atoms with E-state index in [9.17, 15) is 9.59 Å². The van der Waals surface area contributed by atoms with Gasteiger partial charge in [-0.3, -0.25) is 0 Å². The fourth-order valence-electron chi connectivity index (χ4n) is 3.68. The Labute approximate surface area is 188 Å². The molecule has 0 fully saturated rings. The zero-order chi connectivity index (χ0) is 22.3. The molecule has 0 unspecified atom stereocenters. The summed E-state index contributed by atoms with van der Waals surface area (Å²) in [6.45, 7) is 4.43. The van der Waals surface area contributed by atoms with Crippen LogP contribution in [-0.2, 0) is 17.6 Å². The molecule has 3 nitrogen and oxygen atoms in total. The van der Waals surface area contributed by atoms with Gasteiger partial charge in [-0.1, -0.05) is 89.5 Å². The van der Waals surface area contributed by atoms with Gasteiger partial charge in [-0.2, -0.15) is 0 Å². The van der Waals surface area contributed by atoms with Crippen molar-refractivity contribution in [1.82, 2.24) is 0 Å². The second-order valence-electron chi connectivity index (χ2n) is 8.40. The summed E-state index contributed by atoms with van der Waals surface area (Å²) in [6, 6.07) is 14.8. The lowest BCUT2D eigenvalue weighted by molar-refractivity contribution is 0.0398. The first-order valence-electron chi connectivity index (χ1n) is 12.1. The van der Waals surface area contributed by atoms with E-state index in [-0.39, 0.29) is 0 Å². The van der Waals surface area contributed by atoms with E-state index >= 15 is 0 Å². The molecule has 168 valence electrons. The van der Waals surface area contributed by atoms with Crippen LogP contribution in [0.15, 0.2) is 48.5 Å². The first kappa shape index (κ1) is 24.8. The van der Waals surface area contributed by atoms with Crippen LogP contribution in [0.3, 0.4) is 0 Å². The topological polar surface area (TPSA) is 43.4 Å². The highest BCUT2D eigenvalue weighted by Gasteiger charge is 2.15. The number of unbranched alkanes of at least 4 members (excludes halogenated alkanes) is 8. The maximum absolute atomic E-state index is 12.3. The smallest absolute Gasteiger partial charge is 0.346 e. The monoisotopic (exact) mass is 422 g/mol.